The standard InChI is InChI=1S/C32H43FN8O4/c1-4-41-26(13-15-35-41)30(43)38-29(22-8-6-5-7-9-22)31(44)36-25-11-10-23(20-24(25)33)21(2)28(37-27(42)12-14-34)32(45)40-18-16-39(3)17-19-40/h10-11,13,15,20-22,28-29H,4-9,12,16-19H2,1-3H3,(H,36,44)(H,37,42)(H,38,43)/t21-,28+,29-/m0/s1. The Morgan fingerprint density at radius 2 is 1.78 bits per heavy atom. The normalized spacial score (nSPS) is 17.9. The van der Waals surface area contributed by atoms with Gasteiger partial charge in [0.25, 0.3) is 5.91 Å². The molecule has 1 aromatic carbocycles. The molecule has 2 aliphatic rings. The fourth-order valence-corrected chi connectivity index (χ4v) is 6.10. The Hall–Kier alpha value is -4.31. The van der Waals surface area contributed by atoms with E-state index in [1.807, 2.05) is 14.0 Å². The van der Waals surface area contributed by atoms with Crippen molar-refractivity contribution in [2.75, 3.05) is 38.5 Å². The first-order chi connectivity index (χ1) is 21.6. The number of amides is 4. The first-order valence-electron chi connectivity index (χ1n) is 15.7. The fourth-order valence-electron chi connectivity index (χ4n) is 6.10. The third kappa shape index (κ3) is 8.45. The van der Waals surface area contributed by atoms with Crippen LogP contribution in [0.3, 0.4) is 0 Å². The summed E-state index contributed by atoms with van der Waals surface area (Å²) in [5, 5.41) is 21.4. The highest BCUT2D eigenvalue weighted by molar-refractivity contribution is 6.00. The molecule has 0 bridgehead atoms. The quantitative estimate of drug-likeness (QED) is 0.348. The minimum Gasteiger partial charge on any atom is -0.343 e. The molecule has 13 heteroatoms. The van der Waals surface area contributed by atoms with Gasteiger partial charge in [-0.15, -0.1) is 0 Å². The van der Waals surface area contributed by atoms with Crippen LogP contribution < -0.4 is 16.0 Å². The number of hydrogen-bond acceptors (Lipinski definition) is 7. The predicted molar refractivity (Wildman–Crippen MR) is 165 cm³/mol. The molecule has 2 fully saturated rings. The zero-order valence-electron chi connectivity index (χ0n) is 26.2. The van der Waals surface area contributed by atoms with E-state index in [2.05, 4.69) is 25.9 Å². The average molecular weight is 623 g/mol. The first kappa shape index (κ1) is 33.6. The summed E-state index contributed by atoms with van der Waals surface area (Å²) >= 11 is 0. The summed E-state index contributed by atoms with van der Waals surface area (Å²) in [6.45, 7) is 6.44. The molecule has 3 N–H and O–H groups in total. The number of hydrogen-bond donors (Lipinski definition) is 3. The number of carbonyl (C=O) groups excluding carboxylic acids is 4. The predicted octanol–water partition coefficient (Wildman–Crippen LogP) is 2.64. The Kier molecular flexibility index (Phi) is 11.6. The van der Waals surface area contributed by atoms with Crippen LogP contribution in [0.15, 0.2) is 30.5 Å². The molecular weight excluding hydrogens is 579 g/mol. The highest BCUT2D eigenvalue weighted by Crippen LogP contribution is 2.29. The number of nitrogens with one attached hydrogen (secondary N) is 3. The van der Waals surface area contributed by atoms with Crippen LogP contribution in [-0.2, 0) is 20.9 Å². The molecule has 4 amide bonds. The van der Waals surface area contributed by atoms with Crippen molar-refractivity contribution in [3.05, 3.63) is 47.5 Å². The molecule has 1 aromatic heterocycles. The number of rotatable bonds is 11. The highest BCUT2D eigenvalue weighted by atomic mass is 19.1. The number of benzene rings is 1. The van der Waals surface area contributed by atoms with Gasteiger partial charge < -0.3 is 25.8 Å². The molecule has 3 atom stereocenters. The summed E-state index contributed by atoms with van der Waals surface area (Å²) in [5.41, 5.74) is 0.735. The monoisotopic (exact) mass is 622 g/mol. The van der Waals surface area contributed by atoms with Crippen LogP contribution in [0.25, 0.3) is 0 Å². The van der Waals surface area contributed by atoms with Crippen molar-refractivity contribution < 1.29 is 23.6 Å². The van der Waals surface area contributed by atoms with Crippen LogP contribution in [0.2, 0.25) is 0 Å². The van der Waals surface area contributed by atoms with Crippen LogP contribution in [0.5, 0.6) is 0 Å². The number of piperazine rings is 1. The number of aromatic nitrogens is 2. The summed E-state index contributed by atoms with van der Waals surface area (Å²) in [7, 11) is 1.97. The van der Waals surface area contributed by atoms with Crippen LogP contribution in [0, 0.1) is 23.1 Å². The molecule has 1 aliphatic heterocycles. The maximum atomic E-state index is 15.6. The van der Waals surface area contributed by atoms with E-state index in [1.54, 1.807) is 34.7 Å². The van der Waals surface area contributed by atoms with Crippen LogP contribution in [0.1, 0.15) is 74.3 Å². The number of likely N-dealkylation sites (N-methyl/N-ethyl adjacent to an activating group) is 1. The summed E-state index contributed by atoms with van der Waals surface area (Å²) in [4.78, 5) is 56.4. The minimum absolute atomic E-state index is 0.0555. The SMILES string of the molecule is CCn1nccc1C(=O)N[C@H](C(=O)Nc1ccc([C@H](C)[C@@H](NC(=O)CC#N)C(=O)N2CCN(C)CC2)cc1F)C1CCCCC1. The zero-order chi connectivity index (χ0) is 32.5. The van der Waals surface area contributed by atoms with Gasteiger partial charge in [-0.1, -0.05) is 32.3 Å². The van der Waals surface area contributed by atoms with Gasteiger partial charge in [0.1, 0.15) is 30.0 Å². The van der Waals surface area contributed by atoms with Crippen molar-refractivity contribution in [1.29, 1.82) is 5.26 Å². The molecule has 0 unspecified atom stereocenters. The minimum atomic E-state index is -1.00. The van der Waals surface area contributed by atoms with Gasteiger partial charge >= 0.3 is 0 Å². The molecule has 2 heterocycles. The number of halogens is 1. The van der Waals surface area contributed by atoms with E-state index in [4.69, 9.17) is 5.26 Å². The molecule has 1 aliphatic carbocycles. The highest BCUT2D eigenvalue weighted by Gasteiger charge is 2.34. The van der Waals surface area contributed by atoms with Crippen molar-refractivity contribution >= 4 is 29.3 Å². The van der Waals surface area contributed by atoms with Gasteiger partial charge in [-0.05, 0) is 56.5 Å². The Morgan fingerprint density at radius 3 is 2.42 bits per heavy atom. The van der Waals surface area contributed by atoms with Crippen molar-refractivity contribution in [1.82, 2.24) is 30.2 Å². The second-order valence-corrected chi connectivity index (χ2v) is 11.9. The molecule has 12 nitrogen and oxygen atoms in total. The molecule has 1 saturated carbocycles. The molecule has 45 heavy (non-hydrogen) atoms. The summed E-state index contributed by atoms with van der Waals surface area (Å²) < 4.78 is 17.1. The fraction of sp³-hybridized carbons (Fsp3) is 0.562. The molecule has 0 radical (unpaired) electrons. The van der Waals surface area contributed by atoms with Crippen molar-refractivity contribution in [2.24, 2.45) is 5.92 Å². The Labute approximate surface area is 263 Å². The lowest BCUT2D eigenvalue weighted by Crippen LogP contribution is -2.55. The number of nitrogens with zero attached hydrogens (tertiary/aromatic N) is 5. The van der Waals surface area contributed by atoms with Crippen molar-refractivity contribution in [2.45, 2.75) is 76.9 Å². The van der Waals surface area contributed by atoms with Crippen LogP contribution in [-0.4, -0.2) is 88.5 Å². The molecule has 242 valence electrons. The van der Waals surface area contributed by atoms with Gasteiger partial charge in [-0.2, -0.15) is 10.4 Å². The molecule has 1 saturated heterocycles. The molecular formula is C32H43FN8O4. The lowest BCUT2D eigenvalue weighted by Gasteiger charge is -2.36. The Balaban J connectivity index is 1.52. The van der Waals surface area contributed by atoms with Crippen molar-refractivity contribution in [3.8, 4) is 6.07 Å². The van der Waals surface area contributed by atoms with Gasteiger partial charge in [0, 0.05) is 44.8 Å². The topological polar surface area (TPSA) is 152 Å². The Bertz CT molecular complexity index is 1410. The third-order valence-electron chi connectivity index (χ3n) is 8.85. The maximum Gasteiger partial charge on any atom is 0.270 e. The Morgan fingerprint density at radius 1 is 1.07 bits per heavy atom. The average Bonchev–Trinajstić information content (AvgIpc) is 3.53. The number of aryl methyl sites for hydroxylation is 1. The van der Waals surface area contributed by atoms with E-state index >= 15 is 4.39 Å². The zero-order valence-corrected chi connectivity index (χ0v) is 26.2. The van der Waals surface area contributed by atoms with Crippen LogP contribution >= 0.6 is 0 Å². The van der Waals surface area contributed by atoms with E-state index in [-0.39, 0.29) is 17.5 Å². The summed E-state index contributed by atoms with van der Waals surface area (Å²) in [5.74, 6) is -3.24. The number of anilines is 1. The largest absolute Gasteiger partial charge is 0.343 e. The summed E-state index contributed by atoms with van der Waals surface area (Å²) in [6, 6.07) is 5.81. The van der Waals surface area contributed by atoms with Crippen molar-refractivity contribution in [3.63, 3.8) is 0 Å². The van der Waals surface area contributed by atoms with Crippen LogP contribution in [0.4, 0.5) is 10.1 Å². The molecule has 4 rings (SSSR count). The van der Waals surface area contributed by atoms with Gasteiger partial charge in [-0.3, -0.25) is 23.9 Å². The lowest BCUT2D eigenvalue weighted by molar-refractivity contribution is -0.138. The van der Waals surface area contributed by atoms with E-state index in [1.165, 1.54) is 18.3 Å². The second kappa shape index (κ2) is 15.6. The van der Waals surface area contributed by atoms with E-state index in [0.29, 0.717) is 44.0 Å². The van der Waals surface area contributed by atoms with Gasteiger partial charge in [0.15, 0.2) is 0 Å². The maximum absolute atomic E-state index is 15.6. The van der Waals surface area contributed by atoms with Gasteiger partial charge in [-0.25, -0.2) is 4.39 Å². The first-order valence-corrected chi connectivity index (χ1v) is 15.7. The molecule has 0 spiro atoms. The van der Waals surface area contributed by atoms with E-state index in [9.17, 15) is 19.2 Å². The second-order valence-electron chi connectivity index (χ2n) is 11.9. The van der Waals surface area contributed by atoms with Gasteiger partial charge in [0.05, 0.1) is 11.8 Å². The smallest absolute Gasteiger partial charge is 0.270 e. The lowest BCUT2D eigenvalue weighted by atomic mass is 9.83. The van der Waals surface area contributed by atoms with E-state index in [0.717, 1.165) is 32.1 Å². The number of carbonyl (C=O) groups is 4. The third-order valence-corrected chi connectivity index (χ3v) is 8.85. The molecule has 2 aromatic rings. The van der Waals surface area contributed by atoms with Gasteiger partial charge in [0.2, 0.25) is 17.7 Å². The van der Waals surface area contributed by atoms with E-state index < -0.39 is 48.0 Å². The number of nitriles is 1. The summed E-state index contributed by atoms with van der Waals surface area (Å²) in [6.07, 6.45) is 5.61.